The quantitative estimate of drug-likeness (QED) is 0.766. The Hall–Kier alpha value is -1.06. The van der Waals surface area contributed by atoms with Crippen LogP contribution >= 0.6 is 0 Å². The van der Waals surface area contributed by atoms with Gasteiger partial charge in [0.15, 0.2) is 0 Å². The molecule has 4 aliphatic rings. The number of unbranched alkanes of at least 4 members (excludes halogenated alkanes) is 1. The summed E-state index contributed by atoms with van der Waals surface area (Å²) in [6, 6.07) is 0.463. The van der Waals surface area contributed by atoms with Gasteiger partial charge in [0.05, 0.1) is 0 Å². The summed E-state index contributed by atoms with van der Waals surface area (Å²) in [4.78, 5) is 24.9. The van der Waals surface area contributed by atoms with E-state index in [4.69, 9.17) is 5.11 Å². The molecule has 0 aliphatic heterocycles. The molecule has 0 aromatic rings. The van der Waals surface area contributed by atoms with Crippen molar-refractivity contribution in [3.8, 4) is 0 Å². The monoisotopic (exact) mass is 293 g/mol. The Morgan fingerprint density at radius 3 is 2.00 bits per heavy atom. The summed E-state index contributed by atoms with van der Waals surface area (Å²) < 4.78 is 0. The topological polar surface area (TPSA) is 57.6 Å². The SMILES string of the molecule is CN(C(=O)CCCCC(=O)O)C1C2CC3CC(C2)CC1C3. The number of carboxylic acid groups (broad SMARTS) is 1. The third-order valence-electron chi connectivity index (χ3n) is 6.05. The van der Waals surface area contributed by atoms with Gasteiger partial charge in [0.25, 0.3) is 0 Å². The highest BCUT2D eigenvalue weighted by molar-refractivity contribution is 5.76. The Balaban J connectivity index is 1.51. The first-order valence-corrected chi connectivity index (χ1v) is 8.52. The van der Waals surface area contributed by atoms with Crippen LogP contribution in [-0.4, -0.2) is 35.0 Å². The first-order valence-electron chi connectivity index (χ1n) is 8.52. The summed E-state index contributed by atoms with van der Waals surface area (Å²) >= 11 is 0. The second kappa shape index (κ2) is 5.98. The van der Waals surface area contributed by atoms with E-state index in [1.54, 1.807) is 0 Å². The van der Waals surface area contributed by atoms with E-state index in [1.807, 2.05) is 11.9 Å². The second-order valence-corrected chi connectivity index (χ2v) is 7.53. The van der Waals surface area contributed by atoms with Crippen LogP contribution < -0.4 is 0 Å². The van der Waals surface area contributed by atoms with Gasteiger partial charge in [-0.2, -0.15) is 0 Å². The number of hydrogen-bond donors (Lipinski definition) is 1. The van der Waals surface area contributed by atoms with Gasteiger partial charge in [-0.1, -0.05) is 0 Å². The molecule has 0 radical (unpaired) electrons. The van der Waals surface area contributed by atoms with E-state index in [0.717, 1.165) is 23.7 Å². The third-order valence-corrected chi connectivity index (χ3v) is 6.05. The van der Waals surface area contributed by atoms with Crippen LogP contribution in [0.15, 0.2) is 0 Å². The van der Waals surface area contributed by atoms with Crippen molar-refractivity contribution < 1.29 is 14.7 Å². The molecule has 0 saturated heterocycles. The largest absolute Gasteiger partial charge is 0.481 e. The predicted octanol–water partition coefficient (Wildman–Crippen LogP) is 2.91. The first-order chi connectivity index (χ1) is 10.0. The highest BCUT2D eigenvalue weighted by Crippen LogP contribution is 2.54. The second-order valence-electron chi connectivity index (χ2n) is 7.53. The van der Waals surface area contributed by atoms with Gasteiger partial charge in [-0.15, -0.1) is 0 Å². The minimum Gasteiger partial charge on any atom is -0.481 e. The van der Waals surface area contributed by atoms with Crippen LogP contribution in [0.5, 0.6) is 0 Å². The molecular formula is C17H27NO3. The van der Waals surface area contributed by atoms with Gasteiger partial charge in [-0.3, -0.25) is 9.59 Å². The van der Waals surface area contributed by atoms with Crippen molar-refractivity contribution >= 4 is 11.9 Å². The molecule has 4 fully saturated rings. The normalized spacial score (nSPS) is 36.7. The molecule has 4 heteroatoms. The molecule has 0 atom stereocenters. The lowest BCUT2D eigenvalue weighted by Crippen LogP contribution is -2.56. The van der Waals surface area contributed by atoms with Crippen molar-refractivity contribution in [2.75, 3.05) is 7.05 Å². The summed E-state index contributed by atoms with van der Waals surface area (Å²) in [5.74, 6) is 2.78. The molecule has 1 N–H and O–H groups in total. The molecule has 0 aromatic carbocycles. The lowest BCUT2D eigenvalue weighted by Gasteiger charge is -2.56. The molecular weight excluding hydrogens is 266 g/mol. The minimum absolute atomic E-state index is 0.176. The highest BCUT2D eigenvalue weighted by atomic mass is 16.4. The number of hydrogen-bond acceptors (Lipinski definition) is 2. The average Bonchev–Trinajstić information content (AvgIpc) is 2.41. The van der Waals surface area contributed by atoms with Crippen LogP contribution in [0.2, 0.25) is 0 Å². The van der Waals surface area contributed by atoms with Crippen molar-refractivity contribution in [1.82, 2.24) is 4.90 Å². The molecule has 1 amide bonds. The fourth-order valence-corrected chi connectivity index (χ4v) is 5.42. The predicted molar refractivity (Wildman–Crippen MR) is 79.7 cm³/mol. The number of aliphatic carboxylic acids is 1. The zero-order valence-electron chi connectivity index (χ0n) is 13.0. The molecule has 4 bridgehead atoms. The van der Waals surface area contributed by atoms with Gasteiger partial charge >= 0.3 is 5.97 Å². The summed E-state index contributed by atoms with van der Waals surface area (Å²) in [6.45, 7) is 0. The lowest BCUT2D eigenvalue weighted by atomic mass is 9.54. The number of carbonyl (C=O) groups excluding carboxylic acids is 1. The Morgan fingerprint density at radius 2 is 1.48 bits per heavy atom. The summed E-state index contributed by atoms with van der Waals surface area (Å²) in [5, 5.41) is 8.63. The maximum absolute atomic E-state index is 12.4. The Labute approximate surface area is 126 Å². The average molecular weight is 293 g/mol. The molecule has 0 spiro atoms. The third kappa shape index (κ3) is 3.09. The number of carbonyl (C=O) groups is 2. The molecule has 0 aromatic heterocycles. The summed E-state index contributed by atoms with van der Waals surface area (Å²) in [5.41, 5.74) is 0. The Morgan fingerprint density at radius 1 is 0.952 bits per heavy atom. The Bertz CT molecular complexity index is 392. The highest BCUT2D eigenvalue weighted by Gasteiger charge is 2.50. The fourth-order valence-electron chi connectivity index (χ4n) is 5.42. The number of carboxylic acids is 1. The number of rotatable bonds is 6. The molecule has 4 saturated carbocycles. The van der Waals surface area contributed by atoms with Crippen molar-refractivity contribution in [3.05, 3.63) is 0 Å². The number of amides is 1. The van der Waals surface area contributed by atoms with Crippen LogP contribution in [0.1, 0.15) is 57.8 Å². The molecule has 4 nitrogen and oxygen atoms in total. The van der Waals surface area contributed by atoms with Gasteiger partial charge in [-0.05, 0) is 68.6 Å². The van der Waals surface area contributed by atoms with Crippen LogP contribution in [-0.2, 0) is 9.59 Å². The van der Waals surface area contributed by atoms with E-state index in [2.05, 4.69) is 0 Å². The van der Waals surface area contributed by atoms with Crippen LogP contribution in [0.4, 0.5) is 0 Å². The maximum atomic E-state index is 12.4. The van der Waals surface area contributed by atoms with E-state index in [-0.39, 0.29) is 12.3 Å². The van der Waals surface area contributed by atoms with Crippen LogP contribution in [0.25, 0.3) is 0 Å². The molecule has 0 heterocycles. The van der Waals surface area contributed by atoms with Crippen molar-refractivity contribution in [1.29, 1.82) is 0 Å². The fraction of sp³-hybridized carbons (Fsp3) is 0.882. The van der Waals surface area contributed by atoms with Gasteiger partial charge in [0.1, 0.15) is 0 Å². The number of nitrogens with zero attached hydrogens (tertiary/aromatic N) is 1. The Kier molecular flexibility index (Phi) is 4.23. The van der Waals surface area contributed by atoms with Gasteiger partial charge in [-0.25, -0.2) is 0 Å². The molecule has 21 heavy (non-hydrogen) atoms. The van der Waals surface area contributed by atoms with Gasteiger partial charge in [0, 0.05) is 25.9 Å². The maximum Gasteiger partial charge on any atom is 0.303 e. The zero-order valence-corrected chi connectivity index (χ0v) is 13.0. The van der Waals surface area contributed by atoms with E-state index >= 15 is 0 Å². The van der Waals surface area contributed by atoms with E-state index < -0.39 is 5.97 Å². The van der Waals surface area contributed by atoms with E-state index in [1.165, 1.54) is 32.1 Å². The van der Waals surface area contributed by atoms with Crippen LogP contribution in [0, 0.1) is 23.7 Å². The standard InChI is InChI=1S/C17H27NO3/c1-18(15(19)4-2-3-5-16(20)21)17-13-7-11-6-12(9-13)10-14(17)8-11/h11-14,17H,2-10H2,1H3,(H,20,21). The zero-order chi connectivity index (χ0) is 15.0. The minimum atomic E-state index is -0.767. The summed E-state index contributed by atoms with van der Waals surface area (Å²) in [7, 11) is 1.98. The molecule has 4 rings (SSSR count). The first kappa shape index (κ1) is 14.9. The van der Waals surface area contributed by atoms with Gasteiger partial charge < -0.3 is 10.0 Å². The molecule has 0 unspecified atom stereocenters. The molecule has 118 valence electrons. The van der Waals surface area contributed by atoms with E-state index in [9.17, 15) is 9.59 Å². The van der Waals surface area contributed by atoms with Crippen molar-refractivity contribution in [3.63, 3.8) is 0 Å². The van der Waals surface area contributed by atoms with Crippen LogP contribution in [0.3, 0.4) is 0 Å². The van der Waals surface area contributed by atoms with Crippen molar-refractivity contribution in [2.45, 2.75) is 63.8 Å². The lowest BCUT2D eigenvalue weighted by molar-refractivity contribution is -0.142. The summed E-state index contributed by atoms with van der Waals surface area (Å²) in [6.07, 6.45) is 8.73. The van der Waals surface area contributed by atoms with Gasteiger partial charge in [0.2, 0.25) is 5.91 Å². The smallest absolute Gasteiger partial charge is 0.303 e. The molecule has 4 aliphatic carbocycles. The van der Waals surface area contributed by atoms with Crippen molar-refractivity contribution in [2.24, 2.45) is 23.7 Å². The van der Waals surface area contributed by atoms with E-state index in [0.29, 0.717) is 25.3 Å².